The van der Waals surface area contributed by atoms with Gasteiger partial charge in [0.25, 0.3) is 0 Å². The minimum atomic E-state index is -3.04. The molecule has 0 fully saturated rings. The normalized spacial score (nSPS) is 14.0. The Labute approximate surface area is 107 Å². The Morgan fingerprint density at radius 3 is 1.65 bits per heavy atom. The van der Waals surface area contributed by atoms with Crippen molar-refractivity contribution in [1.82, 2.24) is 5.32 Å². The first-order valence-electron chi connectivity index (χ1n) is 6.52. The smallest absolute Gasteiger partial charge is 0.154 e. The SMILES string of the molecule is CCCC(CCC)(CNC(C)(C)C)S(C)(=O)=O. The zero-order valence-electron chi connectivity index (χ0n) is 12.3. The molecule has 0 radical (unpaired) electrons. The molecule has 0 amide bonds. The summed E-state index contributed by atoms with van der Waals surface area (Å²) < 4.78 is 23.6. The molecular weight excluding hydrogens is 234 g/mol. The van der Waals surface area contributed by atoms with E-state index in [1.165, 1.54) is 6.26 Å². The summed E-state index contributed by atoms with van der Waals surface area (Å²) in [4.78, 5) is 0. The van der Waals surface area contributed by atoms with Crippen molar-refractivity contribution < 1.29 is 8.42 Å². The molecule has 17 heavy (non-hydrogen) atoms. The van der Waals surface area contributed by atoms with Crippen LogP contribution in [0, 0.1) is 0 Å². The number of rotatable bonds is 7. The highest BCUT2D eigenvalue weighted by molar-refractivity contribution is 7.92. The highest BCUT2D eigenvalue weighted by Gasteiger charge is 2.39. The molecule has 0 saturated carbocycles. The van der Waals surface area contributed by atoms with Crippen molar-refractivity contribution >= 4 is 9.84 Å². The van der Waals surface area contributed by atoms with Crippen molar-refractivity contribution in [3.05, 3.63) is 0 Å². The van der Waals surface area contributed by atoms with Gasteiger partial charge in [0.1, 0.15) is 0 Å². The lowest BCUT2D eigenvalue weighted by atomic mass is 9.95. The van der Waals surface area contributed by atoms with Crippen molar-refractivity contribution in [2.75, 3.05) is 12.8 Å². The minimum Gasteiger partial charge on any atom is -0.310 e. The number of nitrogens with one attached hydrogen (secondary N) is 1. The van der Waals surface area contributed by atoms with Crippen LogP contribution in [0.5, 0.6) is 0 Å². The third kappa shape index (κ3) is 5.38. The molecule has 0 spiro atoms. The molecule has 0 bridgehead atoms. The second-order valence-corrected chi connectivity index (χ2v) is 8.47. The lowest BCUT2D eigenvalue weighted by Crippen LogP contribution is -2.51. The van der Waals surface area contributed by atoms with E-state index in [0.717, 1.165) is 25.7 Å². The van der Waals surface area contributed by atoms with Gasteiger partial charge in [0.2, 0.25) is 0 Å². The summed E-state index contributed by atoms with van der Waals surface area (Å²) >= 11 is 0. The van der Waals surface area contributed by atoms with E-state index < -0.39 is 14.6 Å². The molecular formula is C13H29NO2S. The summed E-state index contributed by atoms with van der Waals surface area (Å²) in [5.41, 5.74) is -0.0442. The van der Waals surface area contributed by atoms with Crippen LogP contribution in [0.2, 0.25) is 0 Å². The van der Waals surface area contributed by atoms with Gasteiger partial charge in [-0.05, 0) is 33.6 Å². The molecule has 4 heteroatoms. The maximum atomic E-state index is 12.1. The predicted octanol–water partition coefficient (Wildman–Crippen LogP) is 2.76. The quantitative estimate of drug-likeness (QED) is 0.768. The molecule has 0 aliphatic rings. The average molecular weight is 263 g/mol. The van der Waals surface area contributed by atoms with Crippen molar-refractivity contribution in [3.63, 3.8) is 0 Å². The lowest BCUT2D eigenvalue weighted by Gasteiger charge is -2.35. The van der Waals surface area contributed by atoms with Gasteiger partial charge in [-0.1, -0.05) is 26.7 Å². The highest BCUT2D eigenvalue weighted by atomic mass is 32.2. The van der Waals surface area contributed by atoms with E-state index in [4.69, 9.17) is 0 Å². The van der Waals surface area contributed by atoms with Gasteiger partial charge in [0.15, 0.2) is 9.84 Å². The van der Waals surface area contributed by atoms with E-state index in [1.807, 2.05) is 13.8 Å². The van der Waals surface area contributed by atoms with E-state index >= 15 is 0 Å². The van der Waals surface area contributed by atoms with Gasteiger partial charge in [0, 0.05) is 18.3 Å². The lowest BCUT2D eigenvalue weighted by molar-refractivity contribution is 0.353. The molecule has 104 valence electrons. The van der Waals surface area contributed by atoms with Crippen LogP contribution in [0.1, 0.15) is 60.3 Å². The Bertz CT molecular complexity index is 309. The minimum absolute atomic E-state index is 0.0442. The highest BCUT2D eigenvalue weighted by Crippen LogP contribution is 2.28. The maximum Gasteiger partial charge on any atom is 0.154 e. The molecule has 0 unspecified atom stereocenters. The Hall–Kier alpha value is -0.0900. The summed E-state index contributed by atoms with van der Waals surface area (Å²) in [6.45, 7) is 10.9. The van der Waals surface area contributed by atoms with Crippen LogP contribution in [0.25, 0.3) is 0 Å². The van der Waals surface area contributed by atoms with Gasteiger partial charge in [-0.25, -0.2) is 8.42 Å². The van der Waals surface area contributed by atoms with Crippen LogP contribution in [-0.4, -0.2) is 31.5 Å². The standard InChI is InChI=1S/C13H29NO2S/c1-7-9-13(10-8-2,17(6,15)16)11-14-12(3,4)5/h14H,7-11H2,1-6H3. The topological polar surface area (TPSA) is 46.2 Å². The molecule has 0 atom stereocenters. The number of hydrogen-bond donors (Lipinski definition) is 1. The molecule has 0 aliphatic heterocycles. The molecule has 1 N–H and O–H groups in total. The Balaban J connectivity index is 5.05. The third-order valence-corrected chi connectivity index (χ3v) is 5.26. The fourth-order valence-corrected chi connectivity index (χ4v) is 3.63. The van der Waals surface area contributed by atoms with Gasteiger partial charge >= 0.3 is 0 Å². The van der Waals surface area contributed by atoms with Gasteiger partial charge in [-0.2, -0.15) is 0 Å². The Kier molecular flexibility index (Phi) is 6.15. The molecule has 0 aromatic carbocycles. The molecule has 0 rings (SSSR count). The van der Waals surface area contributed by atoms with Gasteiger partial charge < -0.3 is 5.32 Å². The summed E-state index contributed by atoms with van der Waals surface area (Å²) in [5, 5.41) is 3.36. The fourth-order valence-electron chi connectivity index (χ4n) is 2.14. The molecule has 0 aromatic rings. The Morgan fingerprint density at radius 1 is 1.00 bits per heavy atom. The number of sulfone groups is 1. The monoisotopic (exact) mass is 263 g/mol. The van der Waals surface area contributed by atoms with E-state index in [-0.39, 0.29) is 5.54 Å². The molecule has 0 saturated heterocycles. The average Bonchev–Trinajstić information content (AvgIpc) is 2.12. The third-order valence-electron chi connectivity index (χ3n) is 3.14. The van der Waals surface area contributed by atoms with Crippen LogP contribution < -0.4 is 5.32 Å². The van der Waals surface area contributed by atoms with Crippen molar-refractivity contribution in [1.29, 1.82) is 0 Å². The zero-order chi connectivity index (χ0) is 13.7. The summed E-state index contributed by atoms with van der Waals surface area (Å²) in [6, 6.07) is 0. The van der Waals surface area contributed by atoms with E-state index in [9.17, 15) is 8.42 Å². The van der Waals surface area contributed by atoms with Crippen LogP contribution in [0.3, 0.4) is 0 Å². The summed E-state index contributed by atoms with van der Waals surface area (Å²) in [7, 11) is -3.04. The second kappa shape index (κ2) is 6.19. The van der Waals surface area contributed by atoms with E-state index in [0.29, 0.717) is 6.54 Å². The van der Waals surface area contributed by atoms with Gasteiger partial charge in [-0.15, -0.1) is 0 Å². The van der Waals surface area contributed by atoms with Crippen molar-refractivity contribution in [2.45, 2.75) is 70.6 Å². The second-order valence-electron chi connectivity index (χ2n) is 6.06. The number of hydrogen-bond acceptors (Lipinski definition) is 3. The maximum absolute atomic E-state index is 12.1. The van der Waals surface area contributed by atoms with E-state index in [2.05, 4.69) is 26.1 Å². The molecule has 0 aromatic heterocycles. The fraction of sp³-hybridized carbons (Fsp3) is 1.00. The molecule has 3 nitrogen and oxygen atoms in total. The summed E-state index contributed by atoms with van der Waals surface area (Å²) in [6.07, 6.45) is 4.66. The van der Waals surface area contributed by atoms with Crippen molar-refractivity contribution in [2.24, 2.45) is 0 Å². The molecule has 0 aliphatic carbocycles. The molecule has 0 heterocycles. The van der Waals surface area contributed by atoms with Gasteiger partial charge in [0.05, 0.1) is 4.75 Å². The predicted molar refractivity (Wildman–Crippen MR) is 75.1 cm³/mol. The Morgan fingerprint density at radius 2 is 1.41 bits per heavy atom. The first-order valence-corrected chi connectivity index (χ1v) is 8.42. The first-order chi connectivity index (χ1) is 7.58. The summed E-state index contributed by atoms with van der Waals surface area (Å²) in [5.74, 6) is 0. The zero-order valence-corrected chi connectivity index (χ0v) is 13.1. The van der Waals surface area contributed by atoms with Crippen LogP contribution in [0.15, 0.2) is 0 Å². The van der Waals surface area contributed by atoms with Crippen molar-refractivity contribution in [3.8, 4) is 0 Å². The first kappa shape index (κ1) is 16.9. The van der Waals surface area contributed by atoms with Crippen LogP contribution in [0.4, 0.5) is 0 Å². The van der Waals surface area contributed by atoms with E-state index in [1.54, 1.807) is 0 Å². The van der Waals surface area contributed by atoms with Crippen LogP contribution in [-0.2, 0) is 9.84 Å². The van der Waals surface area contributed by atoms with Gasteiger partial charge in [-0.3, -0.25) is 0 Å². The van der Waals surface area contributed by atoms with Crippen LogP contribution >= 0.6 is 0 Å². The largest absolute Gasteiger partial charge is 0.310 e.